The van der Waals surface area contributed by atoms with Gasteiger partial charge in [-0.25, -0.2) is 8.42 Å². The molecule has 1 unspecified atom stereocenters. The first-order chi connectivity index (χ1) is 11.4. The summed E-state index contributed by atoms with van der Waals surface area (Å²) in [6.45, 7) is 3.64. The van der Waals surface area contributed by atoms with Crippen molar-refractivity contribution in [3.63, 3.8) is 0 Å². The number of nitrogens with two attached hydrogens (primary N) is 1. The zero-order valence-corrected chi connectivity index (χ0v) is 16.1. The second-order valence-electron chi connectivity index (χ2n) is 6.79. The third-order valence-corrected chi connectivity index (χ3v) is 6.95. The number of halogens is 1. The maximum absolute atomic E-state index is 12.9. The predicted octanol–water partition coefficient (Wildman–Crippen LogP) is 1.84. The molecule has 2 heterocycles. The molecular formula is C17H26ClN3O3S. The molecule has 1 amide bonds. The number of carbonyl (C=O) groups is 1. The standard InChI is InChI=1S/C17H25N3O3S.ClH/c1-13-5-2-3-9-20(13)24(22,23)16-7-4-6-14(11-16)17(21)19-10-8-15(18)12-19;/h4,6-7,11,13,15H,2-3,5,8-10,12,18H2,1H3;1H/t13?,15-;/m1./s1. The number of likely N-dealkylation sites (tertiary alicyclic amines) is 1. The molecule has 2 saturated heterocycles. The van der Waals surface area contributed by atoms with E-state index in [1.54, 1.807) is 27.4 Å². The number of benzene rings is 1. The van der Waals surface area contributed by atoms with Crippen molar-refractivity contribution in [2.75, 3.05) is 19.6 Å². The van der Waals surface area contributed by atoms with E-state index in [0.29, 0.717) is 25.2 Å². The normalized spacial score (nSPS) is 24.8. The molecule has 0 bridgehead atoms. The van der Waals surface area contributed by atoms with E-state index in [-0.39, 0.29) is 35.3 Å². The highest BCUT2D eigenvalue weighted by molar-refractivity contribution is 7.89. The summed E-state index contributed by atoms with van der Waals surface area (Å²) >= 11 is 0. The van der Waals surface area contributed by atoms with Crippen LogP contribution < -0.4 is 5.73 Å². The first-order valence-electron chi connectivity index (χ1n) is 8.56. The van der Waals surface area contributed by atoms with Gasteiger partial charge in [-0.1, -0.05) is 12.5 Å². The molecule has 3 rings (SSSR count). The Morgan fingerprint density at radius 3 is 2.60 bits per heavy atom. The van der Waals surface area contributed by atoms with Gasteiger partial charge in [0, 0.05) is 37.3 Å². The van der Waals surface area contributed by atoms with E-state index >= 15 is 0 Å². The van der Waals surface area contributed by atoms with Gasteiger partial charge in [0.25, 0.3) is 5.91 Å². The number of hydrogen-bond donors (Lipinski definition) is 1. The van der Waals surface area contributed by atoms with Gasteiger partial charge < -0.3 is 10.6 Å². The largest absolute Gasteiger partial charge is 0.337 e. The molecule has 2 aliphatic rings. The zero-order valence-electron chi connectivity index (χ0n) is 14.4. The Hall–Kier alpha value is -1.15. The monoisotopic (exact) mass is 387 g/mol. The van der Waals surface area contributed by atoms with Crippen LogP contribution in [-0.2, 0) is 10.0 Å². The molecular weight excluding hydrogens is 362 g/mol. The lowest BCUT2D eigenvalue weighted by Gasteiger charge is -2.32. The van der Waals surface area contributed by atoms with Gasteiger partial charge in [-0.3, -0.25) is 4.79 Å². The average molecular weight is 388 g/mol. The molecule has 2 fully saturated rings. The van der Waals surface area contributed by atoms with E-state index in [0.717, 1.165) is 25.7 Å². The zero-order chi connectivity index (χ0) is 17.3. The number of hydrogen-bond acceptors (Lipinski definition) is 4. The maximum atomic E-state index is 12.9. The van der Waals surface area contributed by atoms with Gasteiger partial charge in [0.15, 0.2) is 0 Å². The van der Waals surface area contributed by atoms with E-state index in [9.17, 15) is 13.2 Å². The molecule has 6 nitrogen and oxygen atoms in total. The Morgan fingerprint density at radius 1 is 1.20 bits per heavy atom. The van der Waals surface area contributed by atoms with E-state index in [1.807, 2.05) is 6.92 Å². The van der Waals surface area contributed by atoms with Crippen molar-refractivity contribution in [1.82, 2.24) is 9.21 Å². The summed E-state index contributed by atoms with van der Waals surface area (Å²) in [6, 6.07) is 6.40. The summed E-state index contributed by atoms with van der Waals surface area (Å²) in [4.78, 5) is 14.5. The second-order valence-corrected chi connectivity index (χ2v) is 8.68. The highest BCUT2D eigenvalue weighted by Crippen LogP contribution is 2.26. The summed E-state index contributed by atoms with van der Waals surface area (Å²) in [7, 11) is -3.56. The molecule has 25 heavy (non-hydrogen) atoms. The van der Waals surface area contributed by atoms with E-state index in [4.69, 9.17) is 5.73 Å². The SMILES string of the molecule is CC1CCCCN1S(=O)(=O)c1cccc(C(=O)N2CC[C@@H](N)C2)c1.Cl. The Morgan fingerprint density at radius 2 is 1.96 bits per heavy atom. The topological polar surface area (TPSA) is 83.7 Å². The molecule has 1 aromatic rings. The summed E-state index contributed by atoms with van der Waals surface area (Å²) in [6.07, 6.45) is 3.60. The summed E-state index contributed by atoms with van der Waals surface area (Å²) in [5.41, 5.74) is 6.27. The van der Waals surface area contributed by atoms with Crippen LogP contribution in [0.1, 0.15) is 43.0 Å². The van der Waals surface area contributed by atoms with E-state index in [1.165, 1.54) is 6.07 Å². The molecule has 0 spiro atoms. The average Bonchev–Trinajstić information content (AvgIpc) is 3.01. The Kier molecular flexibility index (Phi) is 6.48. The number of amides is 1. The van der Waals surface area contributed by atoms with Crippen LogP contribution in [0.3, 0.4) is 0 Å². The van der Waals surface area contributed by atoms with Crippen LogP contribution in [0.15, 0.2) is 29.2 Å². The van der Waals surface area contributed by atoms with Crippen molar-refractivity contribution in [3.05, 3.63) is 29.8 Å². The van der Waals surface area contributed by atoms with Gasteiger partial charge in [-0.2, -0.15) is 4.31 Å². The minimum absolute atomic E-state index is 0. The molecule has 0 radical (unpaired) electrons. The highest BCUT2D eigenvalue weighted by atomic mass is 35.5. The number of nitrogens with zero attached hydrogens (tertiary/aromatic N) is 2. The molecule has 0 aliphatic carbocycles. The predicted molar refractivity (Wildman–Crippen MR) is 99.4 cm³/mol. The van der Waals surface area contributed by atoms with Crippen molar-refractivity contribution in [3.8, 4) is 0 Å². The van der Waals surface area contributed by atoms with E-state index < -0.39 is 10.0 Å². The molecule has 0 aromatic heterocycles. The van der Waals surface area contributed by atoms with Crippen molar-refractivity contribution >= 4 is 28.3 Å². The van der Waals surface area contributed by atoms with Gasteiger partial charge in [-0.15, -0.1) is 12.4 Å². The van der Waals surface area contributed by atoms with E-state index in [2.05, 4.69) is 0 Å². The molecule has 1 aromatic carbocycles. The Bertz CT molecular complexity index is 726. The lowest BCUT2D eigenvalue weighted by atomic mass is 10.1. The maximum Gasteiger partial charge on any atom is 0.253 e. The summed E-state index contributed by atoms with van der Waals surface area (Å²) < 4.78 is 27.4. The van der Waals surface area contributed by atoms with Gasteiger partial charge in [0.05, 0.1) is 4.90 Å². The van der Waals surface area contributed by atoms with Gasteiger partial charge in [0.1, 0.15) is 0 Å². The third kappa shape index (κ3) is 4.16. The van der Waals surface area contributed by atoms with Crippen molar-refractivity contribution < 1.29 is 13.2 Å². The summed E-state index contributed by atoms with van der Waals surface area (Å²) in [5, 5.41) is 0. The third-order valence-electron chi connectivity index (χ3n) is 4.94. The quantitative estimate of drug-likeness (QED) is 0.857. The fraction of sp³-hybridized carbons (Fsp3) is 0.588. The smallest absolute Gasteiger partial charge is 0.253 e. The Balaban J connectivity index is 0.00000225. The van der Waals surface area contributed by atoms with Crippen LogP contribution in [-0.4, -0.2) is 55.2 Å². The molecule has 2 N–H and O–H groups in total. The molecule has 8 heteroatoms. The fourth-order valence-corrected chi connectivity index (χ4v) is 5.25. The van der Waals surface area contributed by atoms with Crippen molar-refractivity contribution in [2.45, 2.75) is 49.6 Å². The highest BCUT2D eigenvalue weighted by Gasteiger charge is 2.32. The number of rotatable bonds is 3. The van der Waals surface area contributed by atoms with Crippen LogP contribution in [0.4, 0.5) is 0 Å². The molecule has 2 aliphatic heterocycles. The van der Waals surface area contributed by atoms with Gasteiger partial charge in [0.2, 0.25) is 10.0 Å². The van der Waals surface area contributed by atoms with Crippen LogP contribution in [0.2, 0.25) is 0 Å². The van der Waals surface area contributed by atoms with Crippen molar-refractivity contribution in [2.24, 2.45) is 5.73 Å². The van der Waals surface area contributed by atoms with Crippen LogP contribution in [0, 0.1) is 0 Å². The number of sulfonamides is 1. The van der Waals surface area contributed by atoms with Crippen LogP contribution in [0.5, 0.6) is 0 Å². The first kappa shape index (κ1) is 20.2. The van der Waals surface area contributed by atoms with Gasteiger partial charge in [-0.05, 0) is 44.4 Å². The molecule has 2 atom stereocenters. The molecule has 0 saturated carbocycles. The Labute approximate surface area is 155 Å². The van der Waals surface area contributed by atoms with Crippen LogP contribution in [0.25, 0.3) is 0 Å². The first-order valence-corrected chi connectivity index (χ1v) is 10.0. The fourth-order valence-electron chi connectivity index (χ4n) is 3.51. The minimum atomic E-state index is -3.56. The van der Waals surface area contributed by atoms with Crippen molar-refractivity contribution in [1.29, 1.82) is 0 Å². The van der Waals surface area contributed by atoms with Gasteiger partial charge >= 0.3 is 0 Å². The number of piperidine rings is 1. The lowest BCUT2D eigenvalue weighted by Crippen LogP contribution is -2.42. The number of carbonyl (C=O) groups excluding carboxylic acids is 1. The summed E-state index contributed by atoms with van der Waals surface area (Å²) in [5.74, 6) is -0.147. The second kappa shape index (κ2) is 8.03. The lowest BCUT2D eigenvalue weighted by molar-refractivity contribution is 0.0790. The van der Waals surface area contributed by atoms with Crippen LogP contribution >= 0.6 is 12.4 Å². The minimum Gasteiger partial charge on any atom is -0.337 e. The molecule has 140 valence electrons.